The van der Waals surface area contributed by atoms with E-state index in [1.807, 2.05) is 0 Å². The first-order valence-corrected chi connectivity index (χ1v) is 2.80. The number of rotatable bonds is 4. The van der Waals surface area contributed by atoms with Crippen LogP contribution in [0, 0.1) is 0 Å². The van der Waals surface area contributed by atoms with E-state index < -0.39 is 17.9 Å². The van der Waals surface area contributed by atoms with Crippen molar-refractivity contribution < 1.29 is 31.8 Å². The summed E-state index contributed by atoms with van der Waals surface area (Å²) in [6.45, 7) is 0. The van der Waals surface area contributed by atoms with Crippen LogP contribution in [0.15, 0.2) is 0 Å². The quantitative estimate of drug-likeness (QED) is 0.499. The summed E-state index contributed by atoms with van der Waals surface area (Å²) < 4.78 is 0. The van der Waals surface area contributed by atoms with Gasteiger partial charge in [0, 0.05) is 23.5 Å². The largest absolute Gasteiger partial charge is 0.480 e. The summed E-state index contributed by atoms with van der Waals surface area (Å²) in [6, 6.07) is -0.979. The molecule has 0 aromatic rings. The molecule has 69 valence electrons. The van der Waals surface area contributed by atoms with E-state index in [-0.39, 0.29) is 29.9 Å². The topological polar surface area (TPSA) is 106 Å². The molecule has 0 bridgehead atoms. The van der Waals surface area contributed by atoms with Crippen LogP contribution < -0.4 is 11.5 Å². The Balaban J connectivity index is 0. The molecule has 5 nitrogen and oxygen atoms in total. The van der Waals surface area contributed by atoms with Crippen LogP contribution in [0.25, 0.3) is 0 Å². The van der Waals surface area contributed by atoms with Gasteiger partial charge in [-0.25, -0.2) is 0 Å². The van der Waals surface area contributed by atoms with Crippen LogP contribution in [-0.2, 0) is 26.7 Å². The summed E-state index contributed by atoms with van der Waals surface area (Å²) in [4.78, 5) is 20.1. The summed E-state index contributed by atoms with van der Waals surface area (Å²) in [6.07, 6.45) is 0.123. The number of carbonyl (C=O) groups is 2. The van der Waals surface area contributed by atoms with Gasteiger partial charge in [-0.15, -0.1) is 0 Å². The summed E-state index contributed by atoms with van der Waals surface area (Å²) in [5, 5.41) is 8.22. The molecule has 0 heterocycles. The Bertz CT molecular complexity index is 151. The molecule has 1 radical (unpaired) electrons. The molecule has 0 aliphatic carbocycles. The predicted molar refractivity (Wildman–Crippen MR) is 34.0 cm³/mol. The molecule has 0 aromatic heterocycles. The normalized spacial score (nSPS) is 11.4. The first-order chi connectivity index (χ1) is 4.54. The third kappa shape index (κ3) is 7.31. The molecular formula is C5H10CuN2O3. The average Bonchev–Trinajstić information content (AvgIpc) is 1.82. The van der Waals surface area contributed by atoms with Gasteiger partial charge < -0.3 is 16.6 Å². The average molecular weight is 210 g/mol. The van der Waals surface area contributed by atoms with Gasteiger partial charge in [-0.3, -0.25) is 9.59 Å². The fraction of sp³-hybridized carbons (Fsp3) is 0.600. The van der Waals surface area contributed by atoms with Gasteiger partial charge >= 0.3 is 5.97 Å². The second-order valence-electron chi connectivity index (χ2n) is 1.95. The third-order valence-corrected chi connectivity index (χ3v) is 1.02. The third-order valence-electron chi connectivity index (χ3n) is 1.02. The first-order valence-electron chi connectivity index (χ1n) is 2.80. The molecule has 0 fully saturated rings. The summed E-state index contributed by atoms with van der Waals surface area (Å²) in [5.41, 5.74) is 9.81. The van der Waals surface area contributed by atoms with Gasteiger partial charge in [0.05, 0.1) is 0 Å². The monoisotopic (exact) mass is 209 g/mol. The fourth-order valence-corrected chi connectivity index (χ4v) is 0.421. The number of carboxylic acid groups (broad SMARTS) is 1. The van der Waals surface area contributed by atoms with Crippen LogP contribution in [0.4, 0.5) is 0 Å². The molecule has 1 amide bonds. The van der Waals surface area contributed by atoms with Gasteiger partial charge in [0.1, 0.15) is 6.04 Å². The second-order valence-corrected chi connectivity index (χ2v) is 1.95. The number of primary amides is 1. The minimum atomic E-state index is -1.11. The van der Waals surface area contributed by atoms with E-state index in [0.717, 1.165) is 0 Å². The Hall–Kier alpha value is -0.581. The number of amides is 1. The fourth-order valence-electron chi connectivity index (χ4n) is 0.421. The standard InChI is InChI=1S/C5H10N2O3.Cu/c6-3(5(9)10)1-2-4(7)8;/h3H,1-2,6H2,(H2,7,8)(H,9,10);. The van der Waals surface area contributed by atoms with Crippen LogP contribution in [0.3, 0.4) is 0 Å². The maximum Gasteiger partial charge on any atom is 0.320 e. The molecule has 0 rings (SSSR count). The van der Waals surface area contributed by atoms with Crippen molar-refractivity contribution >= 4 is 11.9 Å². The van der Waals surface area contributed by atoms with Crippen molar-refractivity contribution in [3.63, 3.8) is 0 Å². The minimum Gasteiger partial charge on any atom is -0.480 e. The summed E-state index contributed by atoms with van der Waals surface area (Å²) >= 11 is 0. The van der Waals surface area contributed by atoms with Crippen LogP contribution in [-0.4, -0.2) is 23.0 Å². The number of hydrogen-bond donors (Lipinski definition) is 3. The summed E-state index contributed by atoms with van der Waals surface area (Å²) in [7, 11) is 0. The van der Waals surface area contributed by atoms with E-state index in [1.54, 1.807) is 0 Å². The second kappa shape index (κ2) is 6.15. The predicted octanol–water partition coefficient (Wildman–Crippen LogP) is -1.34. The van der Waals surface area contributed by atoms with Crippen LogP contribution in [0.5, 0.6) is 0 Å². The van der Waals surface area contributed by atoms with Crippen LogP contribution in [0.1, 0.15) is 12.8 Å². The molecule has 0 saturated carbocycles. The molecule has 1 unspecified atom stereocenters. The Morgan fingerprint density at radius 3 is 2.18 bits per heavy atom. The van der Waals surface area contributed by atoms with E-state index in [9.17, 15) is 9.59 Å². The molecule has 0 aliphatic rings. The molecule has 0 aromatic carbocycles. The van der Waals surface area contributed by atoms with Crippen molar-refractivity contribution in [2.24, 2.45) is 11.5 Å². The zero-order valence-electron chi connectivity index (χ0n) is 5.71. The van der Waals surface area contributed by atoms with Crippen LogP contribution in [0.2, 0.25) is 0 Å². The number of nitrogens with two attached hydrogens (primary N) is 2. The van der Waals surface area contributed by atoms with Crippen molar-refractivity contribution in [2.75, 3.05) is 0 Å². The zero-order valence-corrected chi connectivity index (χ0v) is 6.65. The SMILES string of the molecule is NC(=O)CCC(N)C(=O)O.[Cu]. The smallest absolute Gasteiger partial charge is 0.320 e. The molecule has 1 atom stereocenters. The van der Waals surface area contributed by atoms with Gasteiger partial charge in [-0.2, -0.15) is 0 Å². The number of aliphatic carboxylic acids is 1. The van der Waals surface area contributed by atoms with Crippen molar-refractivity contribution in [2.45, 2.75) is 18.9 Å². The molecule has 6 heteroatoms. The molecule has 11 heavy (non-hydrogen) atoms. The van der Waals surface area contributed by atoms with E-state index >= 15 is 0 Å². The van der Waals surface area contributed by atoms with E-state index in [0.29, 0.717) is 0 Å². The molecule has 0 aliphatic heterocycles. The van der Waals surface area contributed by atoms with Gasteiger partial charge in [-0.1, -0.05) is 0 Å². The Morgan fingerprint density at radius 2 is 1.91 bits per heavy atom. The van der Waals surface area contributed by atoms with Crippen LogP contribution >= 0.6 is 0 Å². The van der Waals surface area contributed by atoms with Crippen molar-refractivity contribution in [1.29, 1.82) is 0 Å². The summed E-state index contributed by atoms with van der Waals surface area (Å²) in [5.74, 6) is -1.64. The molecule has 0 saturated heterocycles. The van der Waals surface area contributed by atoms with Gasteiger partial charge in [0.15, 0.2) is 0 Å². The number of carbonyl (C=O) groups excluding carboxylic acids is 1. The van der Waals surface area contributed by atoms with Gasteiger partial charge in [0.2, 0.25) is 5.91 Å². The molecule has 0 spiro atoms. The molecular weight excluding hydrogens is 200 g/mol. The minimum absolute atomic E-state index is 0. The van der Waals surface area contributed by atoms with Gasteiger partial charge in [0.25, 0.3) is 0 Å². The van der Waals surface area contributed by atoms with Crippen molar-refractivity contribution in [1.82, 2.24) is 0 Å². The Labute approximate surface area is 74.6 Å². The number of carboxylic acids is 1. The zero-order chi connectivity index (χ0) is 8.15. The van der Waals surface area contributed by atoms with E-state index in [4.69, 9.17) is 16.6 Å². The number of hydrogen-bond acceptors (Lipinski definition) is 3. The van der Waals surface area contributed by atoms with Gasteiger partial charge in [-0.05, 0) is 6.42 Å². The van der Waals surface area contributed by atoms with Crippen molar-refractivity contribution in [3.05, 3.63) is 0 Å². The Kier molecular flexibility index (Phi) is 7.29. The first kappa shape index (κ1) is 13.0. The van der Waals surface area contributed by atoms with E-state index in [1.165, 1.54) is 0 Å². The van der Waals surface area contributed by atoms with Crippen molar-refractivity contribution in [3.8, 4) is 0 Å². The van der Waals surface area contributed by atoms with E-state index in [2.05, 4.69) is 0 Å². The Morgan fingerprint density at radius 1 is 1.45 bits per heavy atom. The maximum absolute atomic E-state index is 10.1. The maximum atomic E-state index is 10.1. The molecule has 5 N–H and O–H groups in total.